The van der Waals surface area contributed by atoms with Gasteiger partial charge in [0, 0.05) is 29.4 Å². The molecule has 3 heterocycles. The number of rotatable bonds is 3. The second-order valence-electron chi connectivity index (χ2n) is 7.69. The molecule has 0 radical (unpaired) electrons. The Kier molecular flexibility index (Phi) is 4.69. The minimum atomic E-state index is 0.609. The SMILES string of the molecule is CNc1nccc(-c2c(-c3c(C)c(C)c(C)c(C)c3C)nc3sc(C)c(C)n23)n1. The number of hydrogen-bond donors (Lipinski definition) is 1. The van der Waals surface area contributed by atoms with Crippen molar-refractivity contribution in [2.75, 3.05) is 12.4 Å². The number of nitrogens with zero attached hydrogens (tertiary/aromatic N) is 4. The van der Waals surface area contributed by atoms with Crippen LogP contribution in [-0.4, -0.2) is 26.4 Å². The van der Waals surface area contributed by atoms with Crippen molar-refractivity contribution in [3.63, 3.8) is 0 Å². The average Bonchev–Trinajstić information content (AvgIpc) is 3.21. The summed E-state index contributed by atoms with van der Waals surface area (Å²) in [6, 6.07) is 1.97. The average molecular weight is 406 g/mol. The van der Waals surface area contributed by atoms with Gasteiger partial charge >= 0.3 is 0 Å². The summed E-state index contributed by atoms with van der Waals surface area (Å²) in [5, 5.41) is 3.06. The minimum absolute atomic E-state index is 0.609. The number of benzene rings is 1. The van der Waals surface area contributed by atoms with Gasteiger partial charge in [-0.15, -0.1) is 11.3 Å². The van der Waals surface area contributed by atoms with Gasteiger partial charge in [-0.25, -0.2) is 15.0 Å². The molecule has 150 valence electrons. The lowest BCUT2D eigenvalue weighted by atomic mass is 9.87. The molecule has 1 aromatic carbocycles. The standard InChI is InChI=1S/C23H27N5S/c1-11-12(2)14(4)19(15(5)13(11)3)20-21(18-9-10-25-22(24-8)26-18)28-16(6)17(7)29-23(28)27-20/h9-10H,1-8H3,(H,24,25,26). The Morgan fingerprint density at radius 1 is 0.862 bits per heavy atom. The summed E-state index contributed by atoms with van der Waals surface area (Å²) in [4.78, 5) is 16.5. The largest absolute Gasteiger partial charge is 0.357 e. The third kappa shape index (κ3) is 2.85. The molecule has 0 unspecified atom stereocenters. The number of nitrogens with one attached hydrogen (secondary N) is 1. The molecule has 0 aliphatic rings. The molecule has 0 spiro atoms. The van der Waals surface area contributed by atoms with Crippen LogP contribution in [0.4, 0.5) is 5.95 Å². The van der Waals surface area contributed by atoms with Gasteiger partial charge in [-0.05, 0) is 82.3 Å². The van der Waals surface area contributed by atoms with Gasteiger partial charge in [0.25, 0.3) is 0 Å². The summed E-state index contributed by atoms with van der Waals surface area (Å²) in [5.74, 6) is 0.609. The van der Waals surface area contributed by atoms with Crippen LogP contribution in [0.5, 0.6) is 0 Å². The van der Waals surface area contributed by atoms with Crippen LogP contribution >= 0.6 is 11.3 Å². The molecule has 1 N–H and O–H groups in total. The molecule has 0 fully saturated rings. The monoisotopic (exact) mass is 405 g/mol. The van der Waals surface area contributed by atoms with Gasteiger partial charge < -0.3 is 5.32 Å². The number of aryl methyl sites for hydroxylation is 2. The number of fused-ring (bicyclic) bond motifs is 1. The van der Waals surface area contributed by atoms with Crippen LogP contribution in [0.15, 0.2) is 12.3 Å². The molecule has 29 heavy (non-hydrogen) atoms. The maximum atomic E-state index is 5.13. The molecule has 0 saturated carbocycles. The lowest BCUT2D eigenvalue weighted by Crippen LogP contribution is -2.03. The smallest absolute Gasteiger partial charge is 0.222 e. The quantitative estimate of drug-likeness (QED) is 0.473. The molecule has 4 rings (SSSR count). The van der Waals surface area contributed by atoms with E-state index in [1.165, 1.54) is 44.0 Å². The summed E-state index contributed by atoms with van der Waals surface area (Å²) in [7, 11) is 1.84. The highest BCUT2D eigenvalue weighted by Crippen LogP contribution is 2.41. The summed E-state index contributed by atoms with van der Waals surface area (Å²) in [5.41, 5.74) is 11.9. The number of imidazole rings is 1. The topological polar surface area (TPSA) is 55.1 Å². The van der Waals surface area contributed by atoms with Crippen LogP contribution in [0.2, 0.25) is 0 Å². The van der Waals surface area contributed by atoms with Crippen LogP contribution in [-0.2, 0) is 0 Å². The van der Waals surface area contributed by atoms with Gasteiger partial charge in [0.1, 0.15) is 11.4 Å². The zero-order valence-corrected chi connectivity index (χ0v) is 19.2. The Bertz CT molecular complexity index is 1230. The summed E-state index contributed by atoms with van der Waals surface area (Å²) < 4.78 is 2.25. The van der Waals surface area contributed by atoms with E-state index in [-0.39, 0.29) is 0 Å². The Morgan fingerprint density at radius 2 is 1.48 bits per heavy atom. The summed E-state index contributed by atoms with van der Waals surface area (Å²) >= 11 is 1.73. The van der Waals surface area contributed by atoms with Gasteiger partial charge in [0.05, 0.1) is 5.69 Å². The van der Waals surface area contributed by atoms with E-state index in [4.69, 9.17) is 9.97 Å². The van der Waals surface area contributed by atoms with Crippen molar-refractivity contribution < 1.29 is 0 Å². The fourth-order valence-electron chi connectivity index (χ4n) is 4.02. The second-order valence-corrected chi connectivity index (χ2v) is 8.87. The summed E-state index contributed by atoms with van der Waals surface area (Å²) in [6.45, 7) is 15.3. The van der Waals surface area contributed by atoms with E-state index >= 15 is 0 Å². The highest BCUT2D eigenvalue weighted by atomic mass is 32.1. The lowest BCUT2D eigenvalue weighted by molar-refractivity contribution is 1.08. The number of hydrogen-bond acceptors (Lipinski definition) is 5. The second kappa shape index (κ2) is 6.95. The Morgan fingerprint density at radius 3 is 2.10 bits per heavy atom. The predicted octanol–water partition coefficient (Wildman–Crippen LogP) is 5.72. The van der Waals surface area contributed by atoms with Crippen LogP contribution in [0.25, 0.3) is 27.6 Å². The van der Waals surface area contributed by atoms with Gasteiger partial charge in [0.15, 0.2) is 4.96 Å². The van der Waals surface area contributed by atoms with E-state index in [0.29, 0.717) is 5.95 Å². The molecule has 0 atom stereocenters. The van der Waals surface area contributed by atoms with E-state index in [2.05, 4.69) is 63.2 Å². The molecular formula is C23H27N5S. The molecule has 0 amide bonds. The molecule has 4 aromatic rings. The first-order chi connectivity index (χ1) is 13.8. The van der Waals surface area contributed by atoms with Crippen molar-refractivity contribution in [1.29, 1.82) is 0 Å². The van der Waals surface area contributed by atoms with Crippen molar-refractivity contribution in [2.45, 2.75) is 48.5 Å². The van der Waals surface area contributed by atoms with E-state index in [1.54, 1.807) is 17.5 Å². The van der Waals surface area contributed by atoms with Gasteiger partial charge in [0.2, 0.25) is 5.95 Å². The van der Waals surface area contributed by atoms with E-state index in [1.807, 2.05) is 13.1 Å². The molecule has 0 aliphatic carbocycles. The van der Waals surface area contributed by atoms with E-state index in [0.717, 1.165) is 22.0 Å². The van der Waals surface area contributed by atoms with Crippen LogP contribution in [0.3, 0.4) is 0 Å². The van der Waals surface area contributed by atoms with Crippen molar-refractivity contribution >= 4 is 22.2 Å². The van der Waals surface area contributed by atoms with Crippen molar-refractivity contribution in [2.24, 2.45) is 0 Å². The first-order valence-corrected chi connectivity index (χ1v) is 10.6. The zero-order chi connectivity index (χ0) is 21.0. The van der Waals surface area contributed by atoms with Crippen LogP contribution < -0.4 is 5.32 Å². The molecule has 6 heteroatoms. The van der Waals surface area contributed by atoms with Crippen molar-refractivity contribution in [3.8, 4) is 22.6 Å². The van der Waals surface area contributed by atoms with Gasteiger partial charge in [-0.2, -0.15) is 0 Å². The van der Waals surface area contributed by atoms with E-state index < -0.39 is 0 Å². The fraction of sp³-hybridized carbons (Fsp3) is 0.348. The first-order valence-electron chi connectivity index (χ1n) is 9.83. The number of thiazole rings is 1. The van der Waals surface area contributed by atoms with Crippen molar-refractivity contribution in [1.82, 2.24) is 19.4 Å². The number of anilines is 1. The van der Waals surface area contributed by atoms with E-state index in [9.17, 15) is 0 Å². The third-order valence-corrected chi connectivity index (χ3v) is 7.35. The molecular weight excluding hydrogens is 378 g/mol. The Hall–Kier alpha value is -2.73. The normalized spacial score (nSPS) is 11.4. The maximum Gasteiger partial charge on any atom is 0.222 e. The molecule has 0 aliphatic heterocycles. The first kappa shape index (κ1) is 19.6. The third-order valence-electron chi connectivity index (χ3n) is 6.29. The van der Waals surface area contributed by atoms with Crippen molar-refractivity contribution in [3.05, 3.63) is 50.7 Å². The Labute approximate surface area is 175 Å². The van der Waals surface area contributed by atoms with Gasteiger partial charge in [-0.1, -0.05) is 0 Å². The lowest BCUT2D eigenvalue weighted by Gasteiger charge is -2.18. The van der Waals surface area contributed by atoms with Crippen LogP contribution in [0.1, 0.15) is 38.4 Å². The molecule has 0 bridgehead atoms. The highest BCUT2D eigenvalue weighted by molar-refractivity contribution is 7.17. The minimum Gasteiger partial charge on any atom is -0.357 e. The van der Waals surface area contributed by atoms with Crippen LogP contribution in [0, 0.1) is 48.5 Å². The highest BCUT2D eigenvalue weighted by Gasteiger charge is 2.25. The van der Waals surface area contributed by atoms with Gasteiger partial charge in [-0.3, -0.25) is 4.40 Å². The molecule has 5 nitrogen and oxygen atoms in total. The summed E-state index contributed by atoms with van der Waals surface area (Å²) in [6.07, 6.45) is 1.80. The maximum absolute atomic E-state index is 5.13. The zero-order valence-electron chi connectivity index (χ0n) is 18.4. The number of aromatic nitrogens is 4. The Balaban J connectivity index is 2.15. The molecule has 3 aromatic heterocycles. The predicted molar refractivity (Wildman–Crippen MR) is 122 cm³/mol. The fourth-order valence-corrected chi connectivity index (χ4v) is 4.99. The molecule has 0 saturated heterocycles.